The number of rotatable bonds is 6. The molecule has 1 aliphatic heterocycles. The van der Waals surface area contributed by atoms with Gasteiger partial charge in [-0.05, 0) is 17.7 Å². The summed E-state index contributed by atoms with van der Waals surface area (Å²) >= 11 is 0. The first-order valence-corrected chi connectivity index (χ1v) is 6.57. The minimum atomic E-state index is -1.15. The number of aliphatic carboxylic acids is 1. The maximum atomic E-state index is 11.9. The average molecular weight is 308 g/mol. The van der Waals surface area contributed by atoms with Gasteiger partial charge in [0.05, 0.1) is 13.7 Å². The molecule has 0 spiro atoms. The van der Waals surface area contributed by atoms with Gasteiger partial charge in [0.1, 0.15) is 24.9 Å². The fraction of sp³-hybridized carbons (Fsp3) is 0.357. The summed E-state index contributed by atoms with van der Waals surface area (Å²) in [5, 5.41) is 10.8. The van der Waals surface area contributed by atoms with E-state index in [4.69, 9.17) is 14.6 Å². The van der Waals surface area contributed by atoms with Crippen molar-refractivity contribution in [3.05, 3.63) is 29.8 Å². The number of hydrogen-bond donors (Lipinski definition) is 2. The van der Waals surface area contributed by atoms with Gasteiger partial charge < -0.3 is 19.9 Å². The summed E-state index contributed by atoms with van der Waals surface area (Å²) in [6.07, 6.45) is -0.613. The van der Waals surface area contributed by atoms with E-state index < -0.39 is 30.6 Å². The average Bonchev–Trinajstić information content (AvgIpc) is 2.86. The van der Waals surface area contributed by atoms with Crippen LogP contribution in [-0.4, -0.2) is 54.3 Å². The Balaban J connectivity index is 2.07. The van der Waals surface area contributed by atoms with Gasteiger partial charge in [-0.15, -0.1) is 0 Å². The lowest BCUT2D eigenvalue weighted by atomic mass is 10.1. The van der Waals surface area contributed by atoms with Crippen molar-refractivity contribution in [2.24, 2.45) is 0 Å². The van der Waals surface area contributed by atoms with Crippen LogP contribution in [0.4, 0.5) is 4.79 Å². The molecule has 0 radical (unpaired) electrons. The Labute approximate surface area is 126 Å². The fourth-order valence-corrected chi connectivity index (χ4v) is 2.09. The van der Waals surface area contributed by atoms with Crippen molar-refractivity contribution in [3.63, 3.8) is 0 Å². The predicted molar refractivity (Wildman–Crippen MR) is 74.3 cm³/mol. The van der Waals surface area contributed by atoms with Gasteiger partial charge in [0.2, 0.25) is 5.91 Å². The standard InChI is InChI=1S/C14H16N2O6/c1-21-10-4-2-3-9(5-10)7-16-11(8-22-14(16)20)13(19)15-6-12(17)18/h2-5,11H,6-8H2,1H3,(H,15,19)(H,17,18)/t11-/m0/s1. The molecule has 118 valence electrons. The van der Waals surface area contributed by atoms with Crippen LogP contribution in [0.1, 0.15) is 5.56 Å². The molecule has 1 aromatic rings. The van der Waals surface area contributed by atoms with Gasteiger partial charge in [-0.1, -0.05) is 12.1 Å². The molecular formula is C14H16N2O6. The zero-order chi connectivity index (χ0) is 16.1. The van der Waals surface area contributed by atoms with Gasteiger partial charge in [-0.25, -0.2) is 4.79 Å². The molecule has 1 heterocycles. The Morgan fingerprint density at radius 2 is 2.27 bits per heavy atom. The minimum absolute atomic E-state index is 0.103. The normalized spacial score (nSPS) is 17.0. The molecular weight excluding hydrogens is 292 g/mol. The second-order valence-corrected chi connectivity index (χ2v) is 4.68. The van der Waals surface area contributed by atoms with Gasteiger partial charge in [0.25, 0.3) is 0 Å². The fourth-order valence-electron chi connectivity index (χ4n) is 2.09. The van der Waals surface area contributed by atoms with Crippen molar-refractivity contribution in [2.75, 3.05) is 20.3 Å². The molecule has 8 nitrogen and oxygen atoms in total. The third kappa shape index (κ3) is 3.66. The lowest BCUT2D eigenvalue weighted by Gasteiger charge is -2.20. The smallest absolute Gasteiger partial charge is 0.410 e. The highest BCUT2D eigenvalue weighted by Crippen LogP contribution is 2.19. The van der Waals surface area contributed by atoms with Gasteiger partial charge in [0, 0.05) is 0 Å². The first-order chi connectivity index (χ1) is 10.5. The van der Waals surface area contributed by atoms with E-state index in [1.165, 1.54) is 12.0 Å². The monoisotopic (exact) mass is 308 g/mol. The quantitative estimate of drug-likeness (QED) is 0.778. The molecule has 22 heavy (non-hydrogen) atoms. The van der Waals surface area contributed by atoms with Crippen LogP contribution >= 0.6 is 0 Å². The highest BCUT2D eigenvalue weighted by Gasteiger charge is 2.38. The molecule has 1 saturated heterocycles. The van der Waals surface area contributed by atoms with Crippen LogP contribution < -0.4 is 10.1 Å². The lowest BCUT2D eigenvalue weighted by Crippen LogP contribution is -2.46. The number of ether oxygens (including phenoxy) is 2. The molecule has 1 aromatic carbocycles. The van der Waals surface area contributed by atoms with Crippen LogP contribution in [0, 0.1) is 0 Å². The number of cyclic esters (lactones) is 1. The van der Waals surface area contributed by atoms with Crippen molar-refractivity contribution in [1.82, 2.24) is 10.2 Å². The van der Waals surface area contributed by atoms with Gasteiger partial charge in [-0.3, -0.25) is 14.5 Å². The molecule has 0 saturated carbocycles. The predicted octanol–water partition coefficient (Wildman–Crippen LogP) is 0.217. The van der Waals surface area contributed by atoms with Crippen molar-refractivity contribution in [2.45, 2.75) is 12.6 Å². The molecule has 1 aliphatic rings. The number of methoxy groups -OCH3 is 1. The Morgan fingerprint density at radius 1 is 1.50 bits per heavy atom. The van der Waals surface area contributed by atoms with Crippen LogP contribution in [0.2, 0.25) is 0 Å². The Hall–Kier alpha value is -2.77. The molecule has 2 N–H and O–H groups in total. The molecule has 1 atom stereocenters. The molecule has 2 rings (SSSR count). The maximum Gasteiger partial charge on any atom is 0.410 e. The van der Waals surface area contributed by atoms with Crippen molar-refractivity contribution >= 4 is 18.0 Å². The summed E-state index contributed by atoms with van der Waals surface area (Å²) in [4.78, 5) is 35.4. The molecule has 0 bridgehead atoms. The van der Waals surface area contributed by atoms with E-state index in [0.29, 0.717) is 5.75 Å². The largest absolute Gasteiger partial charge is 0.497 e. The Kier molecular flexibility index (Phi) is 4.82. The number of carboxylic acids is 1. The summed E-state index contributed by atoms with van der Waals surface area (Å²) in [7, 11) is 1.53. The van der Waals surface area contributed by atoms with E-state index in [1.54, 1.807) is 24.3 Å². The van der Waals surface area contributed by atoms with Gasteiger partial charge >= 0.3 is 12.1 Å². The first-order valence-electron chi connectivity index (χ1n) is 6.57. The lowest BCUT2D eigenvalue weighted by molar-refractivity contribution is -0.138. The molecule has 0 aliphatic carbocycles. The summed E-state index contributed by atoms with van der Waals surface area (Å²) in [5.74, 6) is -1.08. The zero-order valence-electron chi connectivity index (χ0n) is 11.9. The van der Waals surface area contributed by atoms with E-state index in [9.17, 15) is 14.4 Å². The van der Waals surface area contributed by atoms with E-state index in [0.717, 1.165) is 5.56 Å². The topological polar surface area (TPSA) is 105 Å². The number of amides is 2. The SMILES string of the molecule is COc1cccc(CN2C(=O)OC[C@H]2C(=O)NCC(=O)O)c1. The number of benzene rings is 1. The van der Waals surface area contributed by atoms with Gasteiger partial charge in [0.15, 0.2) is 0 Å². The molecule has 1 fully saturated rings. The molecule has 8 heteroatoms. The van der Waals surface area contributed by atoms with E-state index >= 15 is 0 Å². The third-order valence-corrected chi connectivity index (χ3v) is 3.18. The maximum absolute atomic E-state index is 11.9. The first kappa shape index (κ1) is 15.6. The summed E-state index contributed by atoms with van der Waals surface area (Å²) in [6, 6.07) is 6.23. The second-order valence-electron chi connectivity index (χ2n) is 4.68. The van der Waals surface area contributed by atoms with Gasteiger partial charge in [-0.2, -0.15) is 0 Å². The third-order valence-electron chi connectivity index (χ3n) is 3.18. The van der Waals surface area contributed by atoms with E-state index in [-0.39, 0.29) is 13.2 Å². The molecule has 0 unspecified atom stereocenters. The summed E-state index contributed by atoms with van der Waals surface area (Å²) < 4.78 is 9.99. The number of nitrogens with zero attached hydrogens (tertiary/aromatic N) is 1. The highest BCUT2D eigenvalue weighted by molar-refractivity contribution is 5.89. The van der Waals surface area contributed by atoms with Crippen LogP contribution in [0.25, 0.3) is 0 Å². The highest BCUT2D eigenvalue weighted by atomic mass is 16.6. The van der Waals surface area contributed by atoms with Crippen LogP contribution in [0.3, 0.4) is 0 Å². The number of carboxylic acid groups (broad SMARTS) is 1. The number of nitrogens with one attached hydrogen (secondary N) is 1. The molecule has 0 aromatic heterocycles. The Bertz CT molecular complexity index is 588. The number of hydrogen-bond acceptors (Lipinski definition) is 5. The van der Waals surface area contributed by atoms with Crippen LogP contribution in [0.15, 0.2) is 24.3 Å². The van der Waals surface area contributed by atoms with Crippen molar-refractivity contribution in [3.8, 4) is 5.75 Å². The van der Waals surface area contributed by atoms with E-state index in [2.05, 4.69) is 5.32 Å². The van der Waals surface area contributed by atoms with E-state index in [1.807, 2.05) is 0 Å². The van der Waals surface area contributed by atoms with Crippen LogP contribution in [-0.2, 0) is 20.9 Å². The number of carbonyl (C=O) groups is 3. The van der Waals surface area contributed by atoms with Crippen molar-refractivity contribution in [1.29, 1.82) is 0 Å². The molecule has 2 amide bonds. The Morgan fingerprint density at radius 3 is 2.95 bits per heavy atom. The van der Waals surface area contributed by atoms with Crippen molar-refractivity contribution < 1.29 is 29.0 Å². The van der Waals surface area contributed by atoms with Crippen LogP contribution in [0.5, 0.6) is 5.75 Å². The summed E-state index contributed by atoms with van der Waals surface area (Å²) in [6.45, 7) is -0.439. The summed E-state index contributed by atoms with van der Waals surface area (Å²) in [5.41, 5.74) is 0.772. The second kappa shape index (κ2) is 6.79. The minimum Gasteiger partial charge on any atom is -0.497 e. The number of carbonyl (C=O) groups excluding carboxylic acids is 2. The zero-order valence-corrected chi connectivity index (χ0v) is 11.9.